The van der Waals surface area contributed by atoms with Gasteiger partial charge in [0.05, 0.1) is 11.5 Å². The topological polar surface area (TPSA) is 92.3 Å². The van der Waals surface area contributed by atoms with E-state index in [0.29, 0.717) is 5.82 Å². The number of carbonyl (C=O) groups is 1. The number of amides is 1. The molecule has 0 spiro atoms. The van der Waals surface area contributed by atoms with Crippen molar-refractivity contribution in [3.63, 3.8) is 0 Å². The lowest BCUT2D eigenvalue weighted by Crippen LogP contribution is -2.44. The lowest BCUT2D eigenvalue weighted by molar-refractivity contribution is 0.0763. The van der Waals surface area contributed by atoms with Crippen LogP contribution in [0, 0.1) is 0 Å². The molecule has 0 unspecified atom stereocenters. The smallest absolute Gasteiger partial charge is 0.274 e. The van der Waals surface area contributed by atoms with Gasteiger partial charge in [-0.2, -0.15) is 0 Å². The van der Waals surface area contributed by atoms with E-state index < -0.39 is 9.84 Å². The number of nitrogens with one attached hydrogen (secondary N) is 1. The van der Waals surface area contributed by atoms with Crippen LogP contribution in [0.1, 0.15) is 23.8 Å². The highest BCUT2D eigenvalue weighted by Gasteiger charge is 2.26. The summed E-state index contributed by atoms with van der Waals surface area (Å²) < 4.78 is 22.7. The molecule has 8 heteroatoms. The number of anilines is 1. The Hall–Kier alpha value is -1.70. The third-order valence-electron chi connectivity index (χ3n) is 3.07. The molecule has 20 heavy (non-hydrogen) atoms. The Kier molecular flexibility index (Phi) is 4.53. The highest BCUT2D eigenvalue weighted by molar-refractivity contribution is 7.91. The fourth-order valence-corrected chi connectivity index (χ4v) is 3.07. The monoisotopic (exact) mass is 298 g/mol. The lowest BCUT2D eigenvalue weighted by Gasteiger charge is -2.26. The maximum atomic E-state index is 12.1. The van der Waals surface area contributed by atoms with Crippen LogP contribution in [0.25, 0.3) is 0 Å². The number of rotatable bonds is 4. The van der Waals surface area contributed by atoms with Crippen molar-refractivity contribution in [1.82, 2.24) is 15.1 Å². The number of sulfone groups is 1. The molecule has 1 aromatic heterocycles. The minimum absolute atomic E-state index is 0.0162. The molecule has 1 saturated heterocycles. The van der Waals surface area contributed by atoms with Crippen LogP contribution in [0.4, 0.5) is 5.82 Å². The molecule has 0 aromatic carbocycles. The van der Waals surface area contributed by atoms with Crippen LogP contribution in [0.15, 0.2) is 12.1 Å². The van der Waals surface area contributed by atoms with Crippen molar-refractivity contribution < 1.29 is 13.2 Å². The Labute approximate surface area is 118 Å². The summed E-state index contributed by atoms with van der Waals surface area (Å²) in [6.07, 6.45) is 0.977. The van der Waals surface area contributed by atoms with Gasteiger partial charge in [0, 0.05) is 19.6 Å². The van der Waals surface area contributed by atoms with Crippen molar-refractivity contribution >= 4 is 21.6 Å². The van der Waals surface area contributed by atoms with E-state index in [1.165, 1.54) is 4.90 Å². The lowest BCUT2D eigenvalue weighted by atomic mass is 10.3. The first kappa shape index (κ1) is 14.7. The largest absolute Gasteiger partial charge is 0.369 e. The third kappa shape index (κ3) is 3.66. The molecule has 1 N–H and O–H groups in total. The van der Waals surface area contributed by atoms with E-state index in [2.05, 4.69) is 15.5 Å². The quantitative estimate of drug-likeness (QED) is 0.852. The molecule has 1 aliphatic heterocycles. The molecule has 2 heterocycles. The van der Waals surface area contributed by atoms with Crippen molar-refractivity contribution in [1.29, 1.82) is 0 Å². The van der Waals surface area contributed by atoms with Gasteiger partial charge in [-0.1, -0.05) is 6.92 Å². The molecular formula is C12H18N4O3S. The minimum Gasteiger partial charge on any atom is -0.369 e. The fourth-order valence-electron chi connectivity index (χ4n) is 1.87. The van der Waals surface area contributed by atoms with E-state index in [1.807, 2.05) is 6.92 Å². The first-order chi connectivity index (χ1) is 9.52. The second-order valence-corrected chi connectivity index (χ2v) is 6.98. The van der Waals surface area contributed by atoms with Gasteiger partial charge in [0.15, 0.2) is 15.5 Å². The molecule has 2 rings (SSSR count). The molecule has 0 atom stereocenters. The number of hydrogen-bond acceptors (Lipinski definition) is 6. The molecule has 1 aromatic rings. The summed E-state index contributed by atoms with van der Waals surface area (Å²) in [5, 5.41) is 10.9. The van der Waals surface area contributed by atoms with E-state index >= 15 is 0 Å². The van der Waals surface area contributed by atoms with E-state index in [4.69, 9.17) is 0 Å². The van der Waals surface area contributed by atoms with Crippen LogP contribution in [-0.4, -0.2) is 60.6 Å². The van der Waals surface area contributed by atoms with Crippen LogP contribution < -0.4 is 5.32 Å². The molecule has 110 valence electrons. The Morgan fingerprint density at radius 1 is 1.30 bits per heavy atom. The number of hydrogen-bond donors (Lipinski definition) is 1. The SMILES string of the molecule is CCCNc1ccc(C(=O)N2CCS(=O)(=O)CC2)nn1. The number of nitrogens with zero attached hydrogens (tertiary/aromatic N) is 3. The second-order valence-electron chi connectivity index (χ2n) is 4.67. The van der Waals surface area contributed by atoms with Crippen LogP contribution >= 0.6 is 0 Å². The molecule has 1 fully saturated rings. The van der Waals surface area contributed by atoms with Crippen LogP contribution in [-0.2, 0) is 9.84 Å². The van der Waals surface area contributed by atoms with Crippen molar-refractivity contribution in [2.24, 2.45) is 0 Å². The standard InChI is InChI=1S/C12H18N4O3S/c1-2-5-13-11-4-3-10(14-15-11)12(17)16-6-8-20(18,19)9-7-16/h3-4H,2,5-9H2,1H3,(H,13,15). The molecule has 7 nitrogen and oxygen atoms in total. The maximum Gasteiger partial charge on any atom is 0.274 e. The Morgan fingerprint density at radius 3 is 2.55 bits per heavy atom. The van der Waals surface area contributed by atoms with Gasteiger partial charge in [0.1, 0.15) is 5.82 Å². The summed E-state index contributed by atoms with van der Waals surface area (Å²) >= 11 is 0. The molecule has 0 saturated carbocycles. The van der Waals surface area contributed by atoms with Crippen molar-refractivity contribution in [2.45, 2.75) is 13.3 Å². The number of carbonyl (C=O) groups excluding carboxylic acids is 1. The predicted molar refractivity (Wildman–Crippen MR) is 75.4 cm³/mol. The van der Waals surface area contributed by atoms with Crippen molar-refractivity contribution in [2.75, 3.05) is 36.5 Å². The fraction of sp³-hybridized carbons (Fsp3) is 0.583. The van der Waals surface area contributed by atoms with Gasteiger partial charge in [0.2, 0.25) is 0 Å². The van der Waals surface area contributed by atoms with Crippen LogP contribution in [0.3, 0.4) is 0 Å². The first-order valence-electron chi connectivity index (χ1n) is 6.59. The van der Waals surface area contributed by atoms with Gasteiger partial charge in [0.25, 0.3) is 5.91 Å². The van der Waals surface area contributed by atoms with Gasteiger partial charge in [-0.3, -0.25) is 4.79 Å². The van der Waals surface area contributed by atoms with Crippen molar-refractivity contribution in [3.05, 3.63) is 17.8 Å². The van der Waals surface area contributed by atoms with Gasteiger partial charge in [-0.25, -0.2) is 8.42 Å². The zero-order chi connectivity index (χ0) is 14.6. The molecular weight excluding hydrogens is 280 g/mol. The first-order valence-corrected chi connectivity index (χ1v) is 8.41. The summed E-state index contributed by atoms with van der Waals surface area (Å²) in [5.74, 6) is 0.393. The van der Waals surface area contributed by atoms with Crippen molar-refractivity contribution in [3.8, 4) is 0 Å². The highest BCUT2D eigenvalue weighted by atomic mass is 32.2. The maximum absolute atomic E-state index is 12.1. The normalized spacial score (nSPS) is 17.8. The average molecular weight is 298 g/mol. The van der Waals surface area contributed by atoms with E-state index in [0.717, 1.165) is 13.0 Å². The van der Waals surface area contributed by atoms with Gasteiger partial charge < -0.3 is 10.2 Å². The average Bonchev–Trinajstić information content (AvgIpc) is 2.45. The van der Waals surface area contributed by atoms with E-state index in [9.17, 15) is 13.2 Å². The number of aromatic nitrogens is 2. The third-order valence-corrected chi connectivity index (χ3v) is 4.68. The summed E-state index contributed by atoms with van der Waals surface area (Å²) in [4.78, 5) is 13.6. The zero-order valence-corrected chi connectivity index (χ0v) is 12.2. The Morgan fingerprint density at radius 2 is 2.00 bits per heavy atom. The van der Waals surface area contributed by atoms with E-state index in [1.54, 1.807) is 12.1 Å². The molecule has 0 bridgehead atoms. The van der Waals surface area contributed by atoms with Crippen LogP contribution in [0.2, 0.25) is 0 Å². The Bertz CT molecular complexity index is 557. The molecule has 0 aliphatic carbocycles. The predicted octanol–water partition coefficient (Wildman–Crippen LogP) is 0.169. The van der Waals surface area contributed by atoms with Gasteiger partial charge in [-0.05, 0) is 18.6 Å². The van der Waals surface area contributed by atoms with Crippen LogP contribution in [0.5, 0.6) is 0 Å². The zero-order valence-electron chi connectivity index (χ0n) is 11.4. The summed E-state index contributed by atoms with van der Waals surface area (Å²) in [6.45, 7) is 3.28. The Balaban J connectivity index is 1.99. The highest BCUT2D eigenvalue weighted by Crippen LogP contribution is 2.09. The minimum atomic E-state index is -2.99. The second kappa shape index (κ2) is 6.17. The molecule has 1 amide bonds. The molecule has 1 aliphatic rings. The summed E-state index contributed by atoms with van der Waals surface area (Å²) in [7, 11) is -2.99. The van der Waals surface area contributed by atoms with Gasteiger partial charge >= 0.3 is 0 Å². The summed E-state index contributed by atoms with van der Waals surface area (Å²) in [5.41, 5.74) is 0.242. The molecule has 0 radical (unpaired) electrons. The van der Waals surface area contributed by atoms with Gasteiger partial charge in [-0.15, -0.1) is 10.2 Å². The van der Waals surface area contributed by atoms with E-state index in [-0.39, 0.29) is 36.2 Å². The summed E-state index contributed by atoms with van der Waals surface area (Å²) in [6, 6.07) is 3.31.